The Morgan fingerprint density at radius 1 is 1.10 bits per heavy atom. The molecule has 0 unspecified atom stereocenters. The number of nitrogens with zero attached hydrogens (tertiary/aromatic N) is 1. The van der Waals surface area contributed by atoms with E-state index in [4.69, 9.17) is 4.42 Å². The molecule has 1 aliphatic rings. The highest BCUT2D eigenvalue weighted by Gasteiger charge is 2.16. The van der Waals surface area contributed by atoms with Crippen molar-refractivity contribution in [2.45, 2.75) is 13.5 Å². The van der Waals surface area contributed by atoms with Crippen LogP contribution in [0.15, 0.2) is 51.2 Å². The monoisotopic (exact) mass is 269 g/mol. The zero-order chi connectivity index (χ0) is 14.3. The average molecular weight is 269 g/mol. The highest BCUT2D eigenvalue weighted by Crippen LogP contribution is 2.17. The van der Waals surface area contributed by atoms with Gasteiger partial charge in [-0.15, -0.1) is 0 Å². The standard InChI is InChI=1S/C15H11NO4/c1-9-2-5-14-11(6-9)16(15(19)20-14)8-10-3-4-12(17)13(18)7-10/h2-7H,8H2,1H3. The lowest BCUT2D eigenvalue weighted by molar-refractivity contribution is -0.131. The Morgan fingerprint density at radius 3 is 2.65 bits per heavy atom. The lowest BCUT2D eigenvalue weighted by Gasteiger charge is -2.06. The van der Waals surface area contributed by atoms with Gasteiger partial charge in [-0.25, -0.2) is 4.79 Å². The van der Waals surface area contributed by atoms with E-state index >= 15 is 0 Å². The van der Waals surface area contributed by atoms with E-state index in [0.717, 1.165) is 5.56 Å². The second-order valence-corrected chi connectivity index (χ2v) is 4.71. The van der Waals surface area contributed by atoms with Crippen molar-refractivity contribution >= 4 is 22.7 Å². The van der Waals surface area contributed by atoms with Crippen molar-refractivity contribution in [3.05, 3.63) is 58.1 Å². The summed E-state index contributed by atoms with van der Waals surface area (Å²) >= 11 is 0. The summed E-state index contributed by atoms with van der Waals surface area (Å²) in [4.78, 5) is 34.3. The van der Waals surface area contributed by atoms with Crippen LogP contribution in [0.1, 0.15) is 5.56 Å². The van der Waals surface area contributed by atoms with Crippen molar-refractivity contribution in [2.24, 2.45) is 0 Å². The molecule has 0 atom stereocenters. The van der Waals surface area contributed by atoms with Crippen LogP contribution >= 0.6 is 0 Å². The minimum atomic E-state index is -0.570. The van der Waals surface area contributed by atoms with Crippen molar-refractivity contribution < 1.29 is 14.0 Å². The summed E-state index contributed by atoms with van der Waals surface area (Å²) in [6, 6.07) is 5.44. The number of fused-ring (bicyclic) bond motifs is 1. The van der Waals surface area contributed by atoms with Gasteiger partial charge in [-0.05, 0) is 42.3 Å². The maximum Gasteiger partial charge on any atom is 0.420 e. The molecule has 0 spiro atoms. The third-order valence-electron chi connectivity index (χ3n) is 3.17. The molecule has 5 heteroatoms. The molecule has 3 rings (SSSR count). The quantitative estimate of drug-likeness (QED) is 0.612. The Kier molecular flexibility index (Phi) is 2.75. The Labute approximate surface area is 113 Å². The molecule has 1 aliphatic carbocycles. The van der Waals surface area contributed by atoms with Crippen LogP contribution in [0.25, 0.3) is 11.1 Å². The number of hydrogen-bond donors (Lipinski definition) is 0. The Morgan fingerprint density at radius 2 is 1.90 bits per heavy atom. The highest BCUT2D eigenvalue weighted by atomic mass is 16.4. The molecule has 0 amide bonds. The maximum absolute atomic E-state index is 11.9. The first-order chi connectivity index (χ1) is 9.54. The normalized spacial score (nSPS) is 14.9. The summed E-state index contributed by atoms with van der Waals surface area (Å²) in [5.74, 6) is -1.60. The van der Waals surface area contributed by atoms with E-state index in [2.05, 4.69) is 0 Å². The van der Waals surface area contributed by atoms with E-state index in [1.807, 2.05) is 19.1 Å². The number of allylic oxidation sites excluding steroid dienone is 4. The maximum atomic E-state index is 11.9. The Balaban J connectivity index is 2.06. The predicted molar refractivity (Wildman–Crippen MR) is 72.4 cm³/mol. The molecule has 1 aromatic heterocycles. The molecule has 0 fully saturated rings. The van der Waals surface area contributed by atoms with Crippen LogP contribution in [0.2, 0.25) is 0 Å². The van der Waals surface area contributed by atoms with E-state index < -0.39 is 17.3 Å². The van der Waals surface area contributed by atoms with E-state index in [-0.39, 0.29) is 6.54 Å². The van der Waals surface area contributed by atoms with Crippen LogP contribution in [0.3, 0.4) is 0 Å². The number of rotatable bonds is 2. The smallest absolute Gasteiger partial charge is 0.408 e. The molecule has 5 nitrogen and oxygen atoms in total. The second kappa shape index (κ2) is 4.45. The molecule has 0 aliphatic heterocycles. The Bertz CT molecular complexity index is 848. The minimum Gasteiger partial charge on any atom is -0.408 e. The summed E-state index contributed by atoms with van der Waals surface area (Å²) in [7, 11) is 0. The van der Waals surface area contributed by atoms with Gasteiger partial charge in [-0.3, -0.25) is 14.2 Å². The van der Waals surface area contributed by atoms with Crippen LogP contribution in [0.4, 0.5) is 0 Å². The minimum absolute atomic E-state index is 0.199. The number of benzene rings is 1. The first-order valence-electron chi connectivity index (χ1n) is 6.11. The largest absolute Gasteiger partial charge is 0.420 e. The molecule has 0 saturated carbocycles. The van der Waals surface area contributed by atoms with Crippen molar-refractivity contribution in [3.8, 4) is 0 Å². The van der Waals surface area contributed by atoms with Gasteiger partial charge in [-0.1, -0.05) is 12.1 Å². The third kappa shape index (κ3) is 2.03. The predicted octanol–water partition coefficient (Wildman–Crippen LogP) is 1.54. The van der Waals surface area contributed by atoms with Crippen molar-refractivity contribution in [3.63, 3.8) is 0 Å². The fourth-order valence-corrected chi connectivity index (χ4v) is 2.16. The fourth-order valence-electron chi connectivity index (χ4n) is 2.16. The van der Waals surface area contributed by atoms with Crippen molar-refractivity contribution in [1.29, 1.82) is 0 Å². The zero-order valence-corrected chi connectivity index (χ0v) is 10.8. The van der Waals surface area contributed by atoms with Gasteiger partial charge in [-0.2, -0.15) is 0 Å². The van der Waals surface area contributed by atoms with Gasteiger partial charge >= 0.3 is 5.76 Å². The number of aryl methyl sites for hydroxylation is 1. The molecule has 0 bridgehead atoms. The molecule has 0 saturated heterocycles. The number of oxazole rings is 1. The molecule has 1 heterocycles. The third-order valence-corrected chi connectivity index (χ3v) is 3.17. The topological polar surface area (TPSA) is 69.3 Å². The summed E-state index contributed by atoms with van der Waals surface area (Å²) in [6.07, 6.45) is 4.02. The van der Waals surface area contributed by atoms with E-state index in [1.165, 1.54) is 16.7 Å². The van der Waals surface area contributed by atoms with Gasteiger partial charge in [0.05, 0.1) is 12.1 Å². The van der Waals surface area contributed by atoms with Crippen molar-refractivity contribution in [1.82, 2.24) is 4.57 Å². The number of carbonyl (C=O) groups is 2. The first-order valence-corrected chi connectivity index (χ1v) is 6.11. The molecular weight excluding hydrogens is 258 g/mol. The molecule has 100 valence electrons. The van der Waals surface area contributed by atoms with E-state index in [9.17, 15) is 14.4 Å². The van der Waals surface area contributed by atoms with Crippen LogP contribution in [0, 0.1) is 6.92 Å². The fraction of sp³-hybridized carbons (Fsp3) is 0.133. The summed E-state index contributed by atoms with van der Waals surface area (Å²) in [5, 5.41) is 0. The van der Waals surface area contributed by atoms with E-state index in [1.54, 1.807) is 12.1 Å². The zero-order valence-electron chi connectivity index (χ0n) is 10.8. The van der Waals surface area contributed by atoms with Crippen LogP contribution < -0.4 is 5.76 Å². The number of ketones is 2. The second-order valence-electron chi connectivity index (χ2n) is 4.71. The summed E-state index contributed by atoms with van der Waals surface area (Å²) in [6.45, 7) is 2.12. The lowest BCUT2D eigenvalue weighted by atomic mass is 10.1. The molecule has 0 radical (unpaired) electrons. The number of aromatic nitrogens is 1. The molecular formula is C15H11NO4. The molecule has 0 N–H and O–H groups in total. The number of hydrogen-bond acceptors (Lipinski definition) is 4. The first kappa shape index (κ1) is 12.3. The van der Waals surface area contributed by atoms with Gasteiger partial charge in [0.2, 0.25) is 11.6 Å². The molecule has 2 aromatic rings. The van der Waals surface area contributed by atoms with Gasteiger partial charge in [0.25, 0.3) is 0 Å². The van der Waals surface area contributed by atoms with Crippen LogP contribution in [0.5, 0.6) is 0 Å². The van der Waals surface area contributed by atoms with Crippen LogP contribution in [-0.4, -0.2) is 16.1 Å². The van der Waals surface area contributed by atoms with E-state index in [0.29, 0.717) is 16.7 Å². The Hall–Kier alpha value is -2.69. The molecule has 1 aromatic carbocycles. The average Bonchev–Trinajstić information content (AvgIpc) is 2.70. The van der Waals surface area contributed by atoms with Gasteiger partial charge < -0.3 is 4.42 Å². The SMILES string of the molecule is Cc1ccc2oc(=O)n(CC3=CC(=O)C(=O)C=C3)c2c1. The lowest BCUT2D eigenvalue weighted by Crippen LogP contribution is -2.18. The van der Waals surface area contributed by atoms with Gasteiger partial charge in [0.1, 0.15) is 0 Å². The van der Waals surface area contributed by atoms with Crippen LogP contribution in [-0.2, 0) is 16.1 Å². The summed E-state index contributed by atoms with van der Waals surface area (Å²) in [5.41, 5.74) is 2.78. The summed E-state index contributed by atoms with van der Waals surface area (Å²) < 4.78 is 6.59. The number of carbonyl (C=O) groups excluding carboxylic acids is 2. The van der Waals surface area contributed by atoms with Gasteiger partial charge in [0.15, 0.2) is 5.58 Å². The molecule has 20 heavy (non-hydrogen) atoms. The van der Waals surface area contributed by atoms with Gasteiger partial charge in [0, 0.05) is 0 Å². The van der Waals surface area contributed by atoms with Crippen molar-refractivity contribution in [2.75, 3.05) is 0 Å². The highest BCUT2D eigenvalue weighted by molar-refractivity contribution is 6.46.